The average molecular weight is 577 g/mol. The van der Waals surface area contributed by atoms with Crippen LogP contribution in [0.4, 0.5) is 11.4 Å². The molecular weight excluding hydrogens is 536 g/mol. The van der Waals surface area contributed by atoms with Gasteiger partial charge in [-0.1, -0.05) is 38.8 Å². The monoisotopic (exact) mass is 576 g/mol. The summed E-state index contributed by atoms with van der Waals surface area (Å²) in [6, 6.07) is 3.59. The van der Waals surface area contributed by atoms with E-state index in [-0.39, 0.29) is 36.5 Å². The Morgan fingerprint density at radius 2 is 1.95 bits per heavy atom. The Hall–Kier alpha value is -2.98. The van der Waals surface area contributed by atoms with Crippen molar-refractivity contribution in [1.82, 2.24) is 9.97 Å². The summed E-state index contributed by atoms with van der Waals surface area (Å²) in [7, 11) is 3.26. The molecule has 4 heterocycles. The van der Waals surface area contributed by atoms with Crippen molar-refractivity contribution in [2.75, 3.05) is 50.3 Å². The summed E-state index contributed by atoms with van der Waals surface area (Å²) in [5.74, 6) is 0.970. The molecule has 2 aliphatic heterocycles. The summed E-state index contributed by atoms with van der Waals surface area (Å²) >= 11 is 6.45. The summed E-state index contributed by atoms with van der Waals surface area (Å²) in [5.41, 5.74) is 1.70. The Kier molecular flexibility index (Phi) is 10.2. The molecule has 0 aliphatic carbocycles. The lowest BCUT2D eigenvalue weighted by atomic mass is 9.96. The van der Waals surface area contributed by atoms with E-state index in [9.17, 15) is 9.90 Å². The predicted octanol–water partition coefficient (Wildman–Crippen LogP) is 4.93. The Labute approximate surface area is 241 Å². The van der Waals surface area contributed by atoms with Crippen molar-refractivity contribution < 1.29 is 28.8 Å². The maximum Gasteiger partial charge on any atom is 0.305 e. The molecule has 2 unspecified atom stereocenters. The van der Waals surface area contributed by atoms with Crippen molar-refractivity contribution in [1.29, 1.82) is 0 Å². The van der Waals surface area contributed by atoms with Gasteiger partial charge in [0.1, 0.15) is 6.10 Å². The number of aromatic nitrogens is 2. The van der Waals surface area contributed by atoms with Crippen LogP contribution in [-0.4, -0.2) is 79.8 Å². The zero-order valence-electron chi connectivity index (χ0n) is 24.0. The standard InChI is InChI=1S/C29H41ClN4O6/c1-6-7-10-39-25-11-20(34-17-26(37-4)19(3)22(34)13-28(35)36)14-32-29(25)40-24-8-9-33(16-18(24)2)23-12-27(38-5)31-15-21(23)30/h11-12,14-15,18-19,22,24,26H,6-10,13,16-17H2,1-5H3,(H,35,36)/t18?,19-,22-,24?,26-/m0/s1. The Balaban J connectivity index is 1.52. The molecule has 0 spiro atoms. The summed E-state index contributed by atoms with van der Waals surface area (Å²) < 4.78 is 23.6. The van der Waals surface area contributed by atoms with Crippen LogP contribution in [0.1, 0.15) is 46.5 Å². The van der Waals surface area contributed by atoms with E-state index in [1.54, 1.807) is 26.6 Å². The van der Waals surface area contributed by atoms with Crippen LogP contribution in [-0.2, 0) is 9.53 Å². The number of nitrogens with zero attached hydrogens (tertiary/aromatic N) is 4. The first kappa shape index (κ1) is 30.0. The summed E-state index contributed by atoms with van der Waals surface area (Å²) in [6.45, 7) is 8.95. The van der Waals surface area contributed by atoms with Gasteiger partial charge in [-0.05, 0) is 6.42 Å². The van der Waals surface area contributed by atoms with Crippen LogP contribution in [0.3, 0.4) is 0 Å². The highest BCUT2D eigenvalue weighted by Gasteiger charge is 2.41. The van der Waals surface area contributed by atoms with Gasteiger partial charge in [0, 0.05) is 63.2 Å². The lowest BCUT2D eigenvalue weighted by Gasteiger charge is -2.38. The predicted molar refractivity (Wildman–Crippen MR) is 154 cm³/mol. The van der Waals surface area contributed by atoms with Crippen LogP contribution in [0.25, 0.3) is 0 Å². The Morgan fingerprint density at radius 1 is 1.15 bits per heavy atom. The highest BCUT2D eigenvalue weighted by atomic mass is 35.5. The average Bonchev–Trinajstić information content (AvgIpc) is 3.25. The molecule has 0 aromatic carbocycles. The number of carbonyl (C=O) groups is 1. The largest absolute Gasteiger partial charge is 0.488 e. The van der Waals surface area contributed by atoms with E-state index >= 15 is 0 Å². The first-order chi connectivity index (χ1) is 19.2. The van der Waals surface area contributed by atoms with Crippen LogP contribution in [0.2, 0.25) is 5.02 Å². The van der Waals surface area contributed by atoms with E-state index in [1.807, 2.05) is 19.1 Å². The van der Waals surface area contributed by atoms with Crippen LogP contribution in [0.5, 0.6) is 17.5 Å². The van der Waals surface area contributed by atoms with E-state index < -0.39 is 5.97 Å². The molecule has 11 heteroatoms. The van der Waals surface area contributed by atoms with Gasteiger partial charge >= 0.3 is 5.97 Å². The van der Waals surface area contributed by atoms with E-state index in [2.05, 4.69) is 28.6 Å². The number of unbranched alkanes of at least 4 members (excludes halogenated alkanes) is 1. The van der Waals surface area contributed by atoms with Crippen LogP contribution in [0, 0.1) is 11.8 Å². The highest BCUT2D eigenvalue weighted by molar-refractivity contribution is 6.33. The molecule has 0 saturated carbocycles. The van der Waals surface area contributed by atoms with Gasteiger partial charge < -0.3 is 33.9 Å². The number of methoxy groups -OCH3 is 2. The minimum atomic E-state index is -0.835. The van der Waals surface area contributed by atoms with E-state index in [0.29, 0.717) is 35.7 Å². The number of aliphatic carboxylic acids is 1. The van der Waals surface area contributed by atoms with Gasteiger partial charge in [-0.15, -0.1) is 0 Å². The number of pyridine rings is 2. The molecule has 5 atom stereocenters. The van der Waals surface area contributed by atoms with Gasteiger partial charge in [0.15, 0.2) is 5.75 Å². The van der Waals surface area contributed by atoms with E-state index in [4.69, 9.17) is 35.5 Å². The number of rotatable bonds is 12. The molecule has 0 radical (unpaired) electrons. The highest BCUT2D eigenvalue weighted by Crippen LogP contribution is 2.38. The van der Waals surface area contributed by atoms with Crippen LogP contribution >= 0.6 is 11.6 Å². The number of ether oxygens (including phenoxy) is 4. The first-order valence-electron chi connectivity index (χ1n) is 14.0. The van der Waals surface area contributed by atoms with Gasteiger partial charge in [0.25, 0.3) is 5.88 Å². The minimum Gasteiger partial charge on any atom is -0.488 e. The van der Waals surface area contributed by atoms with Crippen molar-refractivity contribution in [2.24, 2.45) is 11.8 Å². The number of piperidine rings is 1. The van der Waals surface area contributed by atoms with Crippen molar-refractivity contribution in [2.45, 2.75) is 64.7 Å². The maximum atomic E-state index is 11.6. The SMILES string of the molecule is CCCCOc1cc(N2C[C@H](OC)[C@@H](C)[C@@H]2CC(=O)O)cnc1OC1CCN(c2cc(OC)ncc2Cl)CC1C. The van der Waals surface area contributed by atoms with Crippen molar-refractivity contribution in [3.63, 3.8) is 0 Å². The zero-order valence-corrected chi connectivity index (χ0v) is 24.8. The Bertz CT molecular complexity index is 1150. The van der Waals surface area contributed by atoms with Crippen molar-refractivity contribution in [3.8, 4) is 17.5 Å². The molecule has 2 saturated heterocycles. The summed E-state index contributed by atoms with van der Waals surface area (Å²) in [5, 5.41) is 10.1. The van der Waals surface area contributed by atoms with Crippen LogP contribution in [0.15, 0.2) is 24.5 Å². The molecule has 40 heavy (non-hydrogen) atoms. The molecule has 2 aromatic rings. The van der Waals surface area contributed by atoms with E-state index in [1.165, 1.54) is 0 Å². The fraction of sp³-hybridized carbons (Fsp3) is 0.621. The first-order valence-corrected chi connectivity index (χ1v) is 14.4. The molecule has 4 rings (SSSR count). The molecule has 220 valence electrons. The van der Waals surface area contributed by atoms with Crippen LogP contribution < -0.4 is 24.0 Å². The molecule has 2 aliphatic rings. The number of halogens is 1. The van der Waals surface area contributed by atoms with Crippen molar-refractivity contribution >= 4 is 28.9 Å². The van der Waals surface area contributed by atoms with Gasteiger partial charge in [-0.2, -0.15) is 0 Å². The lowest BCUT2D eigenvalue weighted by Crippen LogP contribution is -2.44. The molecule has 0 bridgehead atoms. The second-order valence-corrected chi connectivity index (χ2v) is 11.1. The van der Waals surface area contributed by atoms with Crippen molar-refractivity contribution in [3.05, 3.63) is 29.5 Å². The normalized spacial score (nSPS) is 24.7. The third kappa shape index (κ3) is 6.83. The number of hydrogen-bond acceptors (Lipinski definition) is 9. The van der Waals surface area contributed by atoms with Gasteiger partial charge in [-0.3, -0.25) is 4.79 Å². The molecular formula is C29H41ClN4O6. The van der Waals surface area contributed by atoms with Gasteiger partial charge in [0.05, 0.1) is 55.0 Å². The second-order valence-electron chi connectivity index (χ2n) is 10.7. The quantitative estimate of drug-likeness (QED) is 0.350. The smallest absolute Gasteiger partial charge is 0.305 e. The third-order valence-corrected chi connectivity index (χ3v) is 8.29. The molecule has 2 aromatic heterocycles. The van der Waals surface area contributed by atoms with E-state index in [0.717, 1.165) is 43.7 Å². The fourth-order valence-corrected chi connectivity index (χ4v) is 5.83. The third-order valence-electron chi connectivity index (χ3n) is 8.00. The zero-order chi connectivity index (χ0) is 28.8. The fourth-order valence-electron chi connectivity index (χ4n) is 5.61. The van der Waals surface area contributed by atoms with Gasteiger partial charge in [0.2, 0.25) is 5.88 Å². The Morgan fingerprint density at radius 3 is 2.62 bits per heavy atom. The topological polar surface area (TPSA) is 106 Å². The number of hydrogen-bond donors (Lipinski definition) is 1. The number of carboxylic acid groups (broad SMARTS) is 1. The maximum absolute atomic E-state index is 11.6. The lowest BCUT2D eigenvalue weighted by molar-refractivity contribution is -0.137. The minimum absolute atomic E-state index is 0.0226. The second kappa shape index (κ2) is 13.6. The number of carboxylic acids is 1. The molecule has 10 nitrogen and oxygen atoms in total. The molecule has 2 fully saturated rings. The summed E-state index contributed by atoms with van der Waals surface area (Å²) in [6.07, 6.45) is 5.95. The molecule has 1 N–H and O–H groups in total. The summed E-state index contributed by atoms with van der Waals surface area (Å²) in [4.78, 5) is 24.8. The molecule has 0 amide bonds. The van der Waals surface area contributed by atoms with Gasteiger partial charge in [-0.25, -0.2) is 9.97 Å². The number of anilines is 2.